The number of fused-ring (bicyclic) bond motifs is 1. The maximum atomic E-state index is 13.6. The van der Waals surface area contributed by atoms with Crippen LogP contribution in [0.5, 0.6) is 0 Å². The lowest BCUT2D eigenvalue weighted by atomic mass is 9.75. The molecule has 1 fully saturated rings. The molecule has 1 saturated carbocycles. The number of carbonyl (C=O) groups excluding carboxylic acids is 2. The predicted octanol–water partition coefficient (Wildman–Crippen LogP) is 6.49. The van der Waals surface area contributed by atoms with Crippen LogP contribution in [0.3, 0.4) is 0 Å². The van der Waals surface area contributed by atoms with Gasteiger partial charge in [-0.2, -0.15) is 13.2 Å². The molecule has 0 radical (unpaired) electrons. The zero-order valence-corrected chi connectivity index (χ0v) is 23.1. The van der Waals surface area contributed by atoms with Gasteiger partial charge in [-0.05, 0) is 80.4 Å². The number of furan rings is 1. The minimum atomic E-state index is -4.47. The number of halogens is 4. The number of rotatable bonds is 8. The molecule has 4 aromatic rings. The van der Waals surface area contributed by atoms with Crippen LogP contribution in [-0.4, -0.2) is 48.1 Å². The Kier molecular flexibility index (Phi) is 7.87. The van der Waals surface area contributed by atoms with Crippen LogP contribution in [0.25, 0.3) is 33.6 Å². The first kappa shape index (κ1) is 29.6. The highest BCUT2D eigenvalue weighted by Gasteiger charge is 2.42. The lowest BCUT2D eigenvalue weighted by Crippen LogP contribution is -2.58. The number of hydrogen-bond donors (Lipinski definition) is 3. The van der Waals surface area contributed by atoms with Crippen LogP contribution in [-0.2, 0) is 6.42 Å². The molecule has 0 unspecified atom stereocenters. The van der Waals surface area contributed by atoms with Crippen molar-refractivity contribution in [2.45, 2.75) is 43.8 Å². The number of amidine groups is 1. The molecule has 0 saturated heterocycles. The maximum absolute atomic E-state index is 13.6. The number of nitrogens with zero attached hydrogens (tertiary/aromatic N) is 2. The molecule has 0 atom stereocenters. The van der Waals surface area contributed by atoms with Crippen molar-refractivity contribution in [3.05, 3.63) is 77.2 Å². The number of amides is 2. The van der Waals surface area contributed by atoms with Crippen LogP contribution in [0.1, 0.15) is 52.1 Å². The largest absolute Gasteiger partial charge is 0.437 e. The van der Waals surface area contributed by atoms with Crippen molar-refractivity contribution in [3.63, 3.8) is 0 Å². The summed E-state index contributed by atoms with van der Waals surface area (Å²) in [4.78, 5) is 34.4. The highest BCUT2D eigenvalue weighted by Crippen LogP contribution is 2.38. The molecule has 1 aliphatic rings. The van der Waals surface area contributed by atoms with Crippen LogP contribution < -0.4 is 10.6 Å². The first-order chi connectivity index (χ1) is 20.4. The van der Waals surface area contributed by atoms with E-state index in [-0.39, 0.29) is 45.1 Å². The van der Waals surface area contributed by atoms with Gasteiger partial charge in [-0.25, -0.2) is 14.4 Å². The van der Waals surface area contributed by atoms with Gasteiger partial charge in [0.15, 0.2) is 0 Å². The number of benzene rings is 2. The molecule has 2 aromatic carbocycles. The summed E-state index contributed by atoms with van der Waals surface area (Å²) in [7, 11) is 1.42. The highest BCUT2D eigenvalue weighted by atomic mass is 19.4. The molecule has 1 aliphatic carbocycles. The molecule has 0 aliphatic heterocycles. The second-order valence-corrected chi connectivity index (χ2v) is 10.3. The van der Waals surface area contributed by atoms with Gasteiger partial charge in [0.1, 0.15) is 17.4 Å². The monoisotopic (exact) mass is 593 g/mol. The average molecular weight is 594 g/mol. The van der Waals surface area contributed by atoms with Gasteiger partial charge in [-0.15, -0.1) is 0 Å². The van der Waals surface area contributed by atoms with E-state index in [1.807, 2.05) is 0 Å². The van der Waals surface area contributed by atoms with Crippen molar-refractivity contribution in [1.82, 2.24) is 15.6 Å². The second-order valence-electron chi connectivity index (χ2n) is 10.3. The number of pyridine rings is 1. The number of alkyl halides is 3. The van der Waals surface area contributed by atoms with E-state index in [0.717, 1.165) is 6.42 Å². The number of aryl methyl sites for hydroxylation is 1. The van der Waals surface area contributed by atoms with E-state index in [9.17, 15) is 27.2 Å². The lowest BCUT2D eigenvalue weighted by molar-refractivity contribution is -0.134. The number of hydrogen-bond acceptors (Lipinski definition) is 5. The Bertz CT molecular complexity index is 1740. The third-order valence-electron chi connectivity index (χ3n) is 7.57. The average Bonchev–Trinajstić information content (AvgIpc) is 3.34. The lowest BCUT2D eigenvalue weighted by Gasteiger charge is -2.41. The summed E-state index contributed by atoms with van der Waals surface area (Å²) in [5, 5.41) is 13.8. The minimum Gasteiger partial charge on any atom is -0.437 e. The summed E-state index contributed by atoms with van der Waals surface area (Å²) in [6, 6.07) is 13.0. The molecule has 8 nitrogen and oxygen atoms in total. The third-order valence-corrected chi connectivity index (χ3v) is 7.57. The van der Waals surface area contributed by atoms with Gasteiger partial charge in [0.25, 0.3) is 11.8 Å². The highest BCUT2D eigenvalue weighted by molar-refractivity contribution is 6.11. The minimum absolute atomic E-state index is 0.0361. The maximum Gasteiger partial charge on any atom is 0.389 e. The fraction of sp³-hybridized carbons (Fsp3) is 0.258. The summed E-state index contributed by atoms with van der Waals surface area (Å²) >= 11 is 0. The Morgan fingerprint density at radius 1 is 1.09 bits per heavy atom. The molecule has 3 N–H and O–H groups in total. The Balaban J connectivity index is 1.64. The third kappa shape index (κ3) is 5.90. The van der Waals surface area contributed by atoms with Crippen molar-refractivity contribution in [3.8, 4) is 22.5 Å². The van der Waals surface area contributed by atoms with E-state index < -0.39 is 42.2 Å². The summed E-state index contributed by atoms with van der Waals surface area (Å²) in [6.45, 7) is 3.40. The second kappa shape index (κ2) is 11.4. The van der Waals surface area contributed by atoms with Gasteiger partial charge in [0, 0.05) is 30.2 Å². The smallest absolute Gasteiger partial charge is 0.389 e. The van der Waals surface area contributed by atoms with Crippen molar-refractivity contribution < 1.29 is 31.6 Å². The molecule has 2 aromatic heterocycles. The van der Waals surface area contributed by atoms with Gasteiger partial charge < -0.3 is 15.1 Å². The zero-order chi connectivity index (χ0) is 30.9. The number of carbonyl (C=O) groups is 2. The van der Waals surface area contributed by atoms with Crippen molar-refractivity contribution in [2.75, 3.05) is 7.05 Å². The Morgan fingerprint density at radius 2 is 1.81 bits per heavy atom. The normalized spacial score (nSPS) is 14.2. The Labute approximate surface area is 243 Å². The van der Waals surface area contributed by atoms with Crippen LogP contribution in [0.4, 0.5) is 17.6 Å². The number of aliphatic imine (C=N–C) groups is 1. The van der Waals surface area contributed by atoms with Crippen LogP contribution in [0.15, 0.2) is 64.0 Å². The van der Waals surface area contributed by atoms with E-state index >= 15 is 0 Å². The fourth-order valence-corrected chi connectivity index (χ4v) is 5.14. The van der Waals surface area contributed by atoms with E-state index in [4.69, 9.17) is 9.83 Å². The summed E-state index contributed by atoms with van der Waals surface area (Å²) < 4.78 is 59.4. The quantitative estimate of drug-likeness (QED) is 0.123. The number of nitrogens with one attached hydrogen (secondary N) is 3. The molecule has 222 valence electrons. The van der Waals surface area contributed by atoms with E-state index in [2.05, 4.69) is 27.3 Å². The van der Waals surface area contributed by atoms with Crippen LogP contribution >= 0.6 is 0 Å². The van der Waals surface area contributed by atoms with Gasteiger partial charge in [0.2, 0.25) is 5.71 Å². The molecule has 0 bridgehead atoms. The molecule has 12 heteroatoms. The SMILES string of the molecule is C=NC(=N)C1(NC(=O)c2cccc(-c3cc4c(C(=O)NC)c(-c5ccc(F)cc5)oc4nc3CCC(F)(F)F)c2)CCC1. The standard InChI is InChI=1S/C31H27F4N5O3/c1-37-27(42)24-22-16-21(18-5-3-6-19(15-18)26(41)40-30(12-4-13-30)29(36)38-2)23(11-14-31(33,34)35)39-28(22)43-25(24)17-7-9-20(32)10-8-17/h3,5-10,15-16,36H,2,4,11-14H2,1H3,(H,37,42)(H,40,41). The van der Waals surface area contributed by atoms with E-state index in [0.29, 0.717) is 24.0 Å². The first-order valence-corrected chi connectivity index (χ1v) is 13.4. The van der Waals surface area contributed by atoms with Gasteiger partial charge >= 0.3 is 6.18 Å². The van der Waals surface area contributed by atoms with Crippen molar-refractivity contribution >= 4 is 35.5 Å². The summed E-state index contributed by atoms with van der Waals surface area (Å²) in [5.74, 6) is -1.47. The Morgan fingerprint density at radius 3 is 2.42 bits per heavy atom. The van der Waals surface area contributed by atoms with Crippen LogP contribution in [0, 0.1) is 11.2 Å². The van der Waals surface area contributed by atoms with Crippen molar-refractivity contribution in [1.29, 1.82) is 5.41 Å². The molecule has 5 rings (SSSR count). The van der Waals surface area contributed by atoms with Crippen molar-refractivity contribution in [2.24, 2.45) is 4.99 Å². The fourth-order valence-electron chi connectivity index (χ4n) is 5.14. The summed E-state index contributed by atoms with van der Waals surface area (Å²) in [6.07, 6.45) is -4.23. The molecular weight excluding hydrogens is 566 g/mol. The first-order valence-electron chi connectivity index (χ1n) is 13.4. The van der Waals surface area contributed by atoms with E-state index in [1.165, 1.54) is 43.4 Å². The molecule has 2 heterocycles. The van der Waals surface area contributed by atoms with Gasteiger partial charge in [-0.1, -0.05) is 12.1 Å². The molecule has 43 heavy (non-hydrogen) atoms. The van der Waals surface area contributed by atoms with E-state index in [1.54, 1.807) is 18.2 Å². The molecule has 0 spiro atoms. The van der Waals surface area contributed by atoms with Crippen LogP contribution in [0.2, 0.25) is 0 Å². The molecular formula is C31H27F4N5O3. The zero-order valence-electron chi connectivity index (χ0n) is 23.1. The van der Waals surface area contributed by atoms with Gasteiger partial charge in [0.05, 0.1) is 22.2 Å². The Hall–Kier alpha value is -4.87. The number of aromatic nitrogens is 1. The topological polar surface area (TPSA) is 120 Å². The molecule has 2 amide bonds. The van der Waals surface area contributed by atoms with Gasteiger partial charge in [-0.3, -0.25) is 15.0 Å². The predicted molar refractivity (Wildman–Crippen MR) is 154 cm³/mol. The summed E-state index contributed by atoms with van der Waals surface area (Å²) in [5.41, 5.74) is 0.425.